The van der Waals surface area contributed by atoms with Crippen LogP contribution in [0.1, 0.15) is 80.4 Å². The number of carbonyl (C=O) groups is 2. The van der Waals surface area contributed by atoms with E-state index in [9.17, 15) is 14.7 Å². The van der Waals surface area contributed by atoms with Crippen molar-refractivity contribution in [2.75, 3.05) is 26.7 Å². The minimum atomic E-state index is -1.01. The maximum Gasteiger partial charge on any atom is 0.315 e. The number of ketones is 1. The van der Waals surface area contributed by atoms with Crippen molar-refractivity contribution >= 4 is 11.8 Å². The van der Waals surface area contributed by atoms with Crippen LogP contribution >= 0.6 is 0 Å². The lowest BCUT2D eigenvalue weighted by molar-refractivity contribution is -0.146. The number of aliphatic hydroxyl groups is 1. The van der Waals surface area contributed by atoms with Crippen LogP contribution in [0.3, 0.4) is 0 Å². The standard InChI is InChI=1S/C33H39NO4.C2H6/c1-32(2,31(36)38-3)26-18-16-25(17-19-26)30(35)15-10-22-34-23-20-29(21-24-34)33(37,27-11-6-4-7-12-27)28-13-8-5-9-14-28;1-2/h4-9,11-14,16-19,29,37H,10,15,20-24H2,1-3H3;1-2H3. The molecule has 1 saturated heterocycles. The molecular formula is C35H45NO4. The monoisotopic (exact) mass is 543 g/mol. The van der Waals surface area contributed by atoms with Crippen LogP contribution in [0.15, 0.2) is 84.9 Å². The van der Waals surface area contributed by atoms with Gasteiger partial charge >= 0.3 is 5.97 Å². The van der Waals surface area contributed by atoms with Gasteiger partial charge in [0.2, 0.25) is 0 Å². The highest BCUT2D eigenvalue weighted by atomic mass is 16.5. The van der Waals surface area contributed by atoms with Gasteiger partial charge in [-0.3, -0.25) is 9.59 Å². The van der Waals surface area contributed by atoms with E-state index in [1.165, 1.54) is 7.11 Å². The largest absolute Gasteiger partial charge is 0.468 e. The van der Waals surface area contributed by atoms with Crippen LogP contribution in [0, 0.1) is 5.92 Å². The van der Waals surface area contributed by atoms with E-state index in [1.807, 2.05) is 113 Å². The molecule has 3 aromatic rings. The lowest BCUT2D eigenvalue weighted by Gasteiger charge is -2.42. The molecule has 40 heavy (non-hydrogen) atoms. The van der Waals surface area contributed by atoms with Crippen molar-refractivity contribution in [1.29, 1.82) is 0 Å². The van der Waals surface area contributed by atoms with E-state index in [2.05, 4.69) is 4.90 Å². The first kappa shape index (κ1) is 31.3. The zero-order chi connectivity index (χ0) is 29.2. The van der Waals surface area contributed by atoms with Gasteiger partial charge in [-0.05, 0) is 75.4 Å². The van der Waals surface area contributed by atoms with Crippen LogP contribution < -0.4 is 0 Å². The number of piperidine rings is 1. The molecule has 4 rings (SSSR count). The highest BCUT2D eigenvalue weighted by Crippen LogP contribution is 2.41. The molecule has 1 N–H and O–H groups in total. The molecule has 0 aliphatic carbocycles. The lowest BCUT2D eigenvalue weighted by Crippen LogP contribution is -2.44. The van der Waals surface area contributed by atoms with Gasteiger partial charge in [0.15, 0.2) is 5.78 Å². The summed E-state index contributed by atoms with van der Waals surface area (Å²) in [6.07, 6.45) is 3.07. The van der Waals surface area contributed by atoms with E-state index < -0.39 is 11.0 Å². The van der Waals surface area contributed by atoms with E-state index in [-0.39, 0.29) is 17.7 Å². The van der Waals surface area contributed by atoms with Crippen molar-refractivity contribution < 1.29 is 19.4 Å². The Hall–Kier alpha value is -3.28. The molecular weight excluding hydrogens is 498 g/mol. The molecule has 5 nitrogen and oxygen atoms in total. The molecule has 5 heteroatoms. The number of nitrogens with zero attached hydrogens (tertiary/aromatic N) is 1. The number of carbonyl (C=O) groups excluding carboxylic acids is 2. The lowest BCUT2D eigenvalue weighted by atomic mass is 9.72. The van der Waals surface area contributed by atoms with E-state index in [1.54, 1.807) is 0 Å². The summed E-state index contributed by atoms with van der Waals surface area (Å²) < 4.78 is 4.90. The number of hydrogen-bond donors (Lipinski definition) is 1. The van der Waals surface area contributed by atoms with Gasteiger partial charge in [0.1, 0.15) is 5.60 Å². The predicted octanol–water partition coefficient (Wildman–Crippen LogP) is 6.77. The molecule has 0 atom stereocenters. The van der Waals surface area contributed by atoms with E-state index in [4.69, 9.17) is 4.74 Å². The maximum atomic E-state index is 12.8. The van der Waals surface area contributed by atoms with Gasteiger partial charge in [-0.2, -0.15) is 0 Å². The molecule has 0 spiro atoms. The van der Waals surface area contributed by atoms with E-state index >= 15 is 0 Å². The number of rotatable bonds is 10. The Morgan fingerprint density at radius 2 is 1.32 bits per heavy atom. The van der Waals surface area contributed by atoms with E-state index in [0.29, 0.717) is 12.0 Å². The van der Waals surface area contributed by atoms with Gasteiger partial charge in [0.25, 0.3) is 0 Å². The Kier molecular flexibility index (Phi) is 11.2. The first-order valence-corrected chi connectivity index (χ1v) is 14.5. The molecule has 1 aliphatic heterocycles. The fourth-order valence-corrected chi connectivity index (χ4v) is 5.65. The Labute approximate surface area is 240 Å². The summed E-state index contributed by atoms with van der Waals surface area (Å²) in [4.78, 5) is 27.3. The van der Waals surface area contributed by atoms with Crippen molar-refractivity contribution in [3.63, 3.8) is 0 Å². The third-order valence-electron chi connectivity index (χ3n) is 8.11. The third kappa shape index (κ3) is 7.07. The number of methoxy groups -OCH3 is 1. The van der Waals surface area contributed by atoms with Crippen LogP contribution in [0.4, 0.5) is 0 Å². The summed E-state index contributed by atoms with van der Waals surface area (Å²) in [5, 5.41) is 12.1. The summed E-state index contributed by atoms with van der Waals surface area (Å²) in [5.41, 5.74) is 1.61. The number of esters is 1. The van der Waals surface area contributed by atoms with Crippen LogP contribution in [0.25, 0.3) is 0 Å². The first-order valence-electron chi connectivity index (χ1n) is 14.5. The summed E-state index contributed by atoms with van der Waals surface area (Å²) in [7, 11) is 1.39. The predicted molar refractivity (Wildman–Crippen MR) is 161 cm³/mol. The second-order valence-corrected chi connectivity index (χ2v) is 10.8. The zero-order valence-electron chi connectivity index (χ0n) is 24.7. The molecule has 0 saturated carbocycles. The zero-order valence-corrected chi connectivity index (χ0v) is 24.7. The second-order valence-electron chi connectivity index (χ2n) is 10.8. The number of ether oxygens (including phenoxy) is 1. The summed E-state index contributed by atoms with van der Waals surface area (Å²) in [5.74, 6) is -0.0610. The molecule has 0 bridgehead atoms. The molecule has 0 radical (unpaired) electrons. The minimum absolute atomic E-state index is 0.116. The number of benzene rings is 3. The van der Waals surface area contributed by atoms with Crippen molar-refractivity contribution in [1.82, 2.24) is 4.90 Å². The number of likely N-dealkylation sites (tertiary alicyclic amines) is 1. The third-order valence-corrected chi connectivity index (χ3v) is 8.11. The van der Waals surface area contributed by atoms with Gasteiger partial charge in [-0.25, -0.2) is 0 Å². The van der Waals surface area contributed by atoms with Crippen molar-refractivity contribution in [2.24, 2.45) is 5.92 Å². The molecule has 0 amide bonds. The Bertz CT molecular complexity index is 1160. The topological polar surface area (TPSA) is 66.8 Å². The van der Waals surface area contributed by atoms with Gasteiger partial charge < -0.3 is 14.7 Å². The second kappa shape index (κ2) is 14.4. The van der Waals surface area contributed by atoms with Crippen LogP contribution in [0.5, 0.6) is 0 Å². The molecule has 1 fully saturated rings. The smallest absolute Gasteiger partial charge is 0.315 e. The molecule has 1 aliphatic rings. The highest BCUT2D eigenvalue weighted by Gasteiger charge is 2.41. The SMILES string of the molecule is CC.COC(=O)C(C)(C)c1ccc(C(=O)CCCN2CCC(C(O)(c3ccccc3)c3ccccc3)CC2)cc1. The van der Waals surface area contributed by atoms with Gasteiger partial charge in [0, 0.05) is 12.0 Å². The molecule has 0 unspecified atom stereocenters. The average Bonchev–Trinajstić information content (AvgIpc) is 3.02. The average molecular weight is 544 g/mol. The van der Waals surface area contributed by atoms with Crippen molar-refractivity contribution in [3.05, 3.63) is 107 Å². The maximum absolute atomic E-state index is 12.8. The minimum Gasteiger partial charge on any atom is -0.468 e. The molecule has 1 heterocycles. The molecule has 0 aromatic heterocycles. The quantitative estimate of drug-likeness (QED) is 0.226. The van der Waals surface area contributed by atoms with Gasteiger partial charge in [0.05, 0.1) is 12.5 Å². The fraction of sp³-hybridized carbons (Fsp3) is 0.429. The highest BCUT2D eigenvalue weighted by molar-refractivity contribution is 5.96. The van der Waals surface area contributed by atoms with Gasteiger partial charge in [-0.15, -0.1) is 0 Å². The summed E-state index contributed by atoms with van der Waals surface area (Å²) >= 11 is 0. The first-order chi connectivity index (χ1) is 19.3. The number of hydrogen-bond acceptors (Lipinski definition) is 5. The summed E-state index contributed by atoms with van der Waals surface area (Å²) in [6.45, 7) is 10.3. The Morgan fingerprint density at radius 1 is 0.825 bits per heavy atom. The Balaban J connectivity index is 0.00000216. The molecule has 214 valence electrons. The number of Topliss-reactive ketones (excluding diaryl/α,β-unsaturated/α-hetero) is 1. The van der Waals surface area contributed by atoms with Crippen molar-refractivity contribution in [3.8, 4) is 0 Å². The van der Waals surface area contributed by atoms with Crippen LogP contribution in [-0.2, 0) is 20.5 Å². The fourth-order valence-electron chi connectivity index (χ4n) is 5.65. The van der Waals surface area contributed by atoms with Gasteiger partial charge in [-0.1, -0.05) is 98.8 Å². The Morgan fingerprint density at radius 3 is 1.80 bits per heavy atom. The van der Waals surface area contributed by atoms with Crippen LogP contribution in [0.2, 0.25) is 0 Å². The van der Waals surface area contributed by atoms with Crippen LogP contribution in [-0.4, -0.2) is 48.5 Å². The van der Waals surface area contributed by atoms with Crippen molar-refractivity contribution in [2.45, 2.75) is 64.4 Å². The van der Waals surface area contributed by atoms with E-state index in [0.717, 1.165) is 55.6 Å². The summed E-state index contributed by atoms with van der Waals surface area (Å²) in [6, 6.07) is 27.3. The normalized spacial score (nSPS) is 14.7. The molecule has 3 aromatic carbocycles.